The van der Waals surface area contributed by atoms with Gasteiger partial charge in [-0.05, 0) is 66.8 Å². The molecule has 2 fully saturated rings. The van der Waals surface area contributed by atoms with Crippen LogP contribution in [0.3, 0.4) is 0 Å². The molecular formula is C24H35N5S. The van der Waals surface area contributed by atoms with E-state index < -0.39 is 0 Å². The molecule has 162 valence electrons. The standard InChI is InChI=1S/C24H35N5S/c1-19-9-13-28(14-10-19)22-7-5-20(6-8-22)18-26-24(25-2)27-21-11-15-29(16-12-21)23-4-3-17-30-23/h3-8,17,19,21H,9-16,18H2,1-2H3,(H2,25,26,27). The molecule has 1 aromatic heterocycles. The number of guanidine groups is 1. The molecule has 2 aliphatic rings. The van der Waals surface area contributed by atoms with E-state index in [2.05, 4.69) is 74.1 Å². The van der Waals surface area contributed by atoms with Gasteiger partial charge in [-0.15, -0.1) is 11.3 Å². The molecule has 6 heteroatoms. The first-order valence-corrected chi connectivity index (χ1v) is 12.2. The molecule has 0 bridgehead atoms. The second-order valence-corrected chi connectivity index (χ2v) is 9.54. The van der Waals surface area contributed by atoms with Crippen LogP contribution in [0.15, 0.2) is 46.8 Å². The number of piperidine rings is 2. The van der Waals surface area contributed by atoms with Crippen LogP contribution in [0.2, 0.25) is 0 Å². The van der Waals surface area contributed by atoms with Crippen LogP contribution in [0, 0.1) is 5.92 Å². The van der Waals surface area contributed by atoms with Crippen molar-refractivity contribution in [1.82, 2.24) is 10.6 Å². The summed E-state index contributed by atoms with van der Waals surface area (Å²) in [7, 11) is 1.86. The molecule has 1 aromatic carbocycles. The predicted molar refractivity (Wildman–Crippen MR) is 130 cm³/mol. The maximum absolute atomic E-state index is 4.44. The van der Waals surface area contributed by atoms with Gasteiger partial charge in [-0.3, -0.25) is 4.99 Å². The summed E-state index contributed by atoms with van der Waals surface area (Å²) in [5.74, 6) is 1.77. The summed E-state index contributed by atoms with van der Waals surface area (Å²) < 4.78 is 0. The highest BCUT2D eigenvalue weighted by atomic mass is 32.1. The lowest BCUT2D eigenvalue weighted by Crippen LogP contribution is -2.48. The zero-order valence-electron chi connectivity index (χ0n) is 18.3. The maximum atomic E-state index is 4.44. The van der Waals surface area contributed by atoms with E-state index in [9.17, 15) is 0 Å². The van der Waals surface area contributed by atoms with Crippen molar-refractivity contribution < 1.29 is 0 Å². The first-order chi connectivity index (χ1) is 14.7. The summed E-state index contributed by atoms with van der Waals surface area (Å²) in [6.07, 6.45) is 4.89. The summed E-state index contributed by atoms with van der Waals surface area (Å²) >= 11 is 1.83. The highest BCUT2D eigenvalue weighted by Gasteiger charge is 2.20. The molecule has 0 radical (unpaired) electrons. The van der Waals surface area contributed by atoms with Crippen molar-refractivity contribution in [1.29, 1.82) is 0 Å². The van der Waals surface area contributed by atoms with Crippen molar-refractivity contribution in [3.8, 4) is 0 Å². The summed E-state index contributed by atoms with van der Waals surface area (Å²) in [5.41, 5.74) is 2.64. The number of benzene rings is 1. The third-order valence-electron chi connectivity index (χ3n) is 6.42. The minimum Gasteiger partial charge on any atom is -0.372 e. The Morgan fingerprint density at radius 1 is 1.00 bits per heavy atom. The van der Waals surface area contributed by atoms with Crippen molar-refractivity contribution >= 4 is 28.0 Å². The molecule has 30 heavy (non-hydrogen) atoms. The van der Waals surface area contributed by atoms with Crippen LogP contribution in [-0.2, 0) is 6.54 Å². The van der Waals surface area contributed by atoms with E-state index in [1.54, 1.807) is 0 Å². The average Bonchev–Trinajstić information content (AvgIpc) is 3.33. The van der Waals surface area contributed by atoms with Crippen molar-refractivity contribution in [3.63, 3.8) is 0 Å². The van der Waals surface area contributed by atoms with E-state index in [0.717, 1.165) is 44.4 Å². The second-order valence-electron chi connectivity index (χ2n) is 8.62. The Bertz CT molecular complexity index is 786. The highest BCUT2D eigenvalue weighted by Crippen LogP contribution is 2.25. The van der Waals surface area contributed by atoms with Gasteiger partial charge in [-0.1, -0.05) is 19.1 Å². The number of thiophene rings is 1. The lowest BCUT2D eigenvalue weighted by Gasteiger charge is -2.33. The van der Waals surface area contributed by atoms with Gasteiger partial charge in [0.25, 0.3) is 0 Å². The number of aliphatic imine (C=N–C) groups is 1. The summed E-state index contributed by atoms with van der Waals surface area (Å²) in [6, 6.07) is 13.9. The van der Waals surface area contributed by atoms with Gasteiger partial charge in [0, 0.05) is 51.5 Å². The second kappa shape index (κ2) is 10.2. The molecule has 5 nitrogen and oxygen atoms in total. The topological polar surface area (TPSA) is 42.9 Å². The van der Waals surface area contributed by atoms with Crippen LogP contribution in [0.5, 0.6) is 0 Å². The molecule has 3 heterocycles. The van der Waals surface area contributed by atoms with E-state index in [4.69, 9.17) is 0 Å². The van der Waals surface area contributed by atoms with Gasteiger partial charge < -0.3 is 20.4 Å². The normalized spacial score (nSPS) is 19.2. The van der Waals surface area contributed by atoms with E-state index >= 15 is 0 Å². The fourth-order valence-corrected chi connectivity index (χ4v) is 5.14. The summed E-state index contributed by atoms with van der Waals surface area (Å²) in [5, 5.41) is 10.7. The number of nitrogens with one attached hydrogen (secondary N) is 2. The maximum Gasteiger partial charge on any atom is 0.191 e. The predicted octanol–water partition coefficient (Wildman–Crippen LogP) is 4.32. The Balaban J connectivity index is 1.22. The van der Waals surface area contributed by atoms with Crippen LogP contribution in [-0.4, -0.2) is 45.2 Å². The highest BCUT2D eigenvalue weighted by molar-refractivity contribution is 7.14. The Hall–Kier alpha value is -2.21. The molecule has 2 N–H and O–H groups in total. The SMILES string of the molecule is CN=C(NCc1ccc(N2CCC(C)CC2)cc1)NC1CCN(c2cccs2)CC1. The van der Waals surface area contributed by atoms with Gasteiger partial charge in [0.1, 0.15) is 0 Å². The Kier molecular flexibility index (Phi) is 7.16. The first-order valence-electron chi connectivity index (χ1n) is 11.3. The molecule has 0 saturated carbocycles. The summed E-state index contributed by atoms with van der Waals surface area (Å²) in [6.45, 7) is 7.73. The fourth-order valence-electron chi connectivity index (χ4n) is 4.36. The van der Waals surface area contributed by atoms with Gasteiger partial charge in [0.15, 0.2) is 5.96 Å². The molecule has 0 amide bonds. The van der Waals surface area contributed by atoms with Crippen LogP contribution in [0.4, 0.5) is 10.7 Å². The van der Waals surface area contributed by atoms with Crippen molar-refractivity contribution in [2.45, 2.75) is 45.2 Å². The number of rotatable bonds is 5. The molecule has 4 rings (SSSR count). The van der Waals surface area contributed by atoms with Crippen LogP contribution < -0.4 is 20.4 Å². The average molecular weight is 426 g/mol. The molecule has 0 unspecified atom stereocenters. The molecular weight excluding hydrogens is 390 g/mol. The van der Waals surface area contributed by atoms with Crippen LogP contribution in [0.25, 0.3) is 0 Å². The Morgan fingerprint density at radius 2 is 1.70 bits per heavy atom. The van der Waals surface area contributed by atoms with E-state index in [-0.39, 0.29) is 0 Å². The quantitative estimate of drug-likeness (QED) is 0.553. The van der Waals surface area contributed by atoms with E-state index in [0.29, 0.717) is 6.04 Å². The van der Waals surface area contributed by atoms with Crippen molar-refractivity contribution in [3.05, 3.63) is 47.3 Å². The molecule has 0 spiro atoms. The number of hydrogen-bond donors (Lipinski definition) is 2. The van der Waals surface area contributed by atoms with Crippen LogP contribution in [0.1, 0.15) is 38.2 Å². The molecule has 0 aliphatic carbocycles. The molecule has 0 atom stereocenters. The zero-order chi connectivity index (χ0) is 20.8. The summed E-state index contributed by atoms with van der Waals surface area (Å²) in [4.78, 5) is 9.44. The molecule has 2 aromatic rings. The van der Waals surface area contributed by atoms with Crippen LogP contribution >= 0.6 is 11.3 Å². The third kappa shape index (κ3) is 5.48. The smallest absolute Gasteiger partial charge is 0.191 e. The number of hydrogen-bond acceptors (Lipinski definition) is 4. The number of nitrogens with zero attached hydrogens (tertiary/aromatic N) is 3. The van der Waals surface area contributed by atoms with Gasteiger partial charge in [0.2, 0.25) is 0 Å². The molecule has 2 saturated heterocycles. The fraction of sp³-hybridized carbons (Fsp3) is 0.542. The molecule has 2 aliphatic heterocycles. The largest absolute Gasteiger partial charge is 0.372 e. The van der Waals surface area contributed by atoms with Crippen molar-refractivity contribution in [2.75, 3.05) is 43.0 Å². The number of anilines is 2. The zero-order valence-corrected chi connectivity index (χ0v) is 19.1. The van der Waals surface area contributed by atoms with Gasteiger partial charge in [-0.25, -0.2) is 0 Å². The van der Waals surface area contributed by atoms with Crippen molar-refractivity contribution in [2.24, 2.45) is 10.9 Å². The lowest BCUT2D eigenvalue weighted by molar-refractivity contribution is 0.438. The lowest BCUT2D eigenvalue weighted by atomic mass is 9.99. The van der Waals surface area contributed by atoms with Gasteiger partial charge >= 0.3 is 0 Å². The third-order valence-corrected chi connectivity index (χ3v) is 7.35. The first kappa shape index (κ1) is 21.0. The Labute approximate surface area is 185 Å². The van der Waals surface area contributed by atoms with Gasteiger partial charge in [-0.2, -0.15) is 0 Å². The van der Waals surface area contributed by atoms with E-state index in [1.807, 2.05) is 18.4 Å². The monoisotopic (exact) mass is 425 g/mol. The van der Waals surface area contributed by atoms with Gasteiger partial charge in [0.05, 0.1) is 5.00 Å². The minimum atomic E-state index is 0.483. The Morgan fingerprint density at radius 3 is 2.33 bits per heavy atom. The minimum absolute atomic E-state index is 0.483. The van der Waals surface area contributed by atoms with E-state index in [1.165, 1.54) is 42.2 Å².